The Kier molecular flexibility index (Phi) is 8.18. The summed E-state index contributed by atoms with van der Waals surface area (Å²) >= 11 is 0. The number of nitrogens with zero attached hydrogens (tertiary/aromatic N) is 1. The minimum Gasteiger partial charge on any atom is -0.495 e. The molecule has 112 valence electrons. The molecule has 0 aromatic heterocycles. The maximum atomic E-state index is 12.9. The zero-order valence-electron chi connectivity index (χ0n) is 11.8. The Morgan fingerprint density at radius 3 is 2.48 bits per heavy atom. The van der Waals surface area contributed by atoms with E-state index in [9.17, 15) is 17.3 Å². The molecular weight excluding hydrogens is 316 g/mol. The van der Waals surface area contributed by atoms with Gasteiger partial charge in [0.1, 0.15) is 12.4 Å². The van der Waals surface area contributed by atoms with Gasteiger partial charge in [0.05, 0.1) is 19.0 Å². The average Bonchev–Trinajstić information content (AvgIpc) is 2.40. The van der Waals surface area contributed by atoms with Crippen LogP contribution >= 0.6 is 0 Å². The van der Waals surface area contributed by atoms with Crippen molar-refractivity contribution in [3.05, 3.63) is 24.0 Å². The fraction of sp³-hybridized carbons (Fsp3) is 0.500. The summed E-state index contributed by atoms with van der Waals surface area (Å²) in [6.07, 6.45) is 0. The molecule has 0 spiro atoms. The van der Waals surface area contributed by atoms with Crippen LogP contribution in [0.25, 0.3) is 0 Å². The predicted octanol–water partition coefficient (Wildman–Crippen LogP) is -1.40. The summed E-state index contributed by atoms with van der Waals surface area (Å²) in [4.78, 5) is 2.05. The molecule has 0 radical (unpaired) electrons. The van der Waals surface area contributed by atoms with Gasteiger partial charge >= 0.3 is 58.4 Å². The molecule has 0 saturated carbocycles. The summed E-state index contributed by atoms with van der Waals surface area (Å²) in [6, 6.07) is 2.47. The van der Waals surface area contributed by atoms with Crippen LogP contribution in [0.4, 0.5) is 17.3 Å². The fourth-order valence-electron chi connectivity index (χ4n) is 2.02. The van der Waals surface area contributed by atoms with Crippen LogP contribution in [-0.4, -0.2) is 51.3 Å². The normalized spacial score (nSPS) is 16.4. The SMILES string of the molecule is Fc1ccc(OCCN2CCOCC2)c([B-](F)(F)F)c1.[K+]. The molecule has 1 aliphatic rings. The summed E-state index contributed by atoms with van der Waals surface area (Å²) in [7, 11) is 0. The van der Waals surface area contributed by atoms with E-state index in [1.165, 1.54) is 0 Å². The number of hydrogen-bond acceptors (Lipinski definition) is 3. The molecule has 1 aliphatic heterocycles. The monoisotopic (exact) mass is 331 g/mol. The van der Waals surface area contributed by atoms with Crippen LogP contribution < -0.4 is 61.6 Å². The van der Waals surface area contributed by atoms with Gasteiger partial charge < -0.3 is 22.4 Å². The molecule has 3 nitrogen and oxygen atoms in total. The minimum atomic E-state index is -5.29. The van der Waals surface area contributed by atoms with E-state index in [1.807, 2.05) is 4.90 Å². The minimum absolute atomic E-state index is 0. The van der Waals surface area contributed by atoms with Crippen molar-refractivity contribution in [2.45, 2.75) is 0 Å². The van der Waals surface area contributed by atoms with Gasteiger partial charge in [0.15, 0.2) is 0 Å². The van der Waals surface area contributed by atoms with Gasteiger partial charge in [-0.15, -0.1) is 0 Å². The molecule has 0 bridgehead atoms. The van der Waals surface area contributed by atoms with Gasteiger partial charge in [-0.3, -0.25) is 4.90 Å². The largest absolute Gasteiger partial charge is 1.00 e. The van der Waals surface area contributed by atoms with Crippen LogP contribution in [0.1, 0.15) is 0 Å². The van der Waals surface area contributed by atoms with Gasteiger partial charge in [-0.1, -0.05) is 5.46 Å². The molecule has 0 atom stereocenters. The number of halogens is 4. The summed E-state index contributed by atoms with van der Waals surface area (Å²) in [5.74, 6) is -1.23. The average molecular weight is 331 g/mol. The van der Waals surface area contributed by atoms with Crippen LogP contribution in [-0.2, 0) is 4.74 Å². The molecule has 0 aliphatic carbocycles. The van der Waals surface area contributed by atoms with Crippen LogP contribution in [0.5, 0.6) is 5.75 Å². The molecule has 1 fully saturated rings. The fourth-order valence-corrected chi connectivity index (χ4v) is 2.02. The Balaban J connectivity index is 0.00000220. The zero-order valence-corrected chi connectivity index (χ0v) is 15.0. The van der Waals surface area contributed by atoms with Crippen molar-refractivity contribution in [2.24, 2.45) is 0 Å². The zero-order chi connectivity index (χ0) is 14.6. The van der Waals surface area contributed by atoms with Gasteiger partial charge in [0.25, 0.3) is 0 Å². The van der Waals surface area contributed by atoms with Crippen LogP contribution in [0, 0.1) is 5.82 Å². The molecule has 21 heavy (non-hydrogen) atoms. The number of ether oxygens (including phenoxy) is 2. The number of benzene rings is 1. The van der Waals surface area contributed by atoms with E-state index in [2.05, 4.69) is 0 Å². The molecular formula is C12H15BF4KNO2. The van der Waals surface area contributed by atoms with Crippen molar-refractivity contribution in [2.75, 3.05) is 39.5 Å². The third-order valence-corrected chi connectivity index (χ3v) is 3.09. The third kappa shape index (κ3) is 6.17. The molecule has 9 heteroatoms. The van der Waals surface area contributed by atoms with Gasteiger partial charge in [0, 0.05) is 19.6 Å². The van der Waals surface area contributed by atoms with E-state index in [0.29, 0.717) is 25.8 Å². The van der Waals surface area contributed by atoms with Gasteiger partial charge in [-0.25, -0.2) is 4.39 Å². The molecule has 0 unspecified atom stereocenters. The standard InChI is InChI=1S/C12H15BF4NO2.K/c14-10-1-2-12(11(9-10)13(15,16)17)20-8-5-18-3-6-19-7-4-18;/h1-2,9H,3-8H2;/q-1;+1. The van der Waals surface area contributed by atoms with Crippen molar-refractivity contribution >= 4 is 12.4 Å². The van der Waals surface area contributed by atoms with E-state index < -0.39 is 18.3 Å². The Labute approximate surface area is 163 Å². The first-order valence-corrected chi connectivity index (χ1v) is 6.39. The maximum Gasteiger partial charge on any atom is 1.00 e. The van der Waals surface area contributed by atoms with Crippen molar-refractivity contribution in [3.8, 4) is 5.75 Å². The summed E-state index contributed by atoms with van der Waals surface area (Å²) in [5, 5.41) is 0. The first-order chi connectivity index (χ1) is 9.47. The van der Waals surface area contributed by atoms with E-state index in [4.69, 9.17) is 9.47 Å². The Bertz CT molecular complexity index is 455. The molecule has 1 aromatic rings. The summed E-state index contributed by atoms with van der Waals surface area (Å²) in [6.45, 7) is -1.93. The van der Waals surface area contributed by atoms with E-state index in [1.54, 1.807) is 0 Å². The van der Waals surface area contributed by atoms with Crippen molar-refractivity contribution < 1.29 is 78.2 Å². The van der Waals surface area contributed by atoms with Crippen molar-refractivity contribution in [3.63, 3.8) is 0 Å². The Morgan fingerprint density at radius 2 is 1.86 bits per heavy atom. The second-order valence-electron chi connectivity index (χ2n) is 4.56. The Hall–Kier alpha value is 0.361. The van der Waals surface area contributed by atoms with Crippen molar-refractivity contribution in [1.29, 1.82) is 0 Å². The smallest absolute Gasteiger partial charge is 0.495 e. The molecule has 1 saturated heterocycles. The molecule has 1 heterocycles. The molecule has 0 amide bonds. The van der Waals surface area contributed by atoms with Gasteiger partial charge in [-0.2, -0.15) is 0 Å². The van der Waals surface area contributed by atoms with E-state index >= 15 is 0 Å². The molecule has 2 rings (SSSR count). The third-order valence-electron chi connectivity index (χ3n) is 3.09. The van der Waals surface area contributed by atoms with Crippen LogP contribution in [0.2, 0.25) is 0 Å². The summed E-state index contributed by atoms with van der Waals surface area (Å²) < 4.78 is 61.7. The quantitative estimate of drug-likeness (QED) is 0.489. The van der Waals surface area contributed by atoms with Crippen LogP contribution in [0.3, 0.4) is 0 Å². The van der Waals surface area contributed by atoms with E-state index in [0.717, 1.165) is 25.2 Å². The predicted molar refractivity (Wildman–Crippen MR) is 67.9 cm³/mol. The Morgan fingerprint density at radius 1 is 1.19 bits per heavy atom. The number of morpholine rings is 1. The van der Waals surface area contributed by atoms with Gasteiger partial charge in [-0.05, 0) is 18.2 Å². The first kappa shape index (κ1) is 19.4. The van der Waals surface area contributed by atoms with Gasteiger partial charge in [0.2, 0.25) is 0 Å². The molecule has 1 aromatic carbocycles. The maximum absolute atomic E-state index is 12.9. The van der Waals surface area contributed by atoms with Crippen molar-refractivity contribution in [1.82, 2.24) is 4.90 Å². The first-order valence-electron chi connectivity index (χ1n) is 6.39. The second kappa shape index (κ2) is 8.85. The summed E-state index contributed by atoms with van der Waals surface area (Å²) in [5.41, 5.74) is -1.02. The second-order valence-corrected chi connectivity index (χ2v) is 4.56. The molecule has 0 N–H and O–H groups in total. The van der Waals surface area contributed by atoms with Crippen LogP contribution in [0.15, 0.2) is 18.2 Å². The van der Waals surface area contributed by atoms with E-state index in [-0.39, 0.29) is 63.7 Å². The number of rotatable bonds is 5. The topological polar surface area (TPSA) is 21.7 Å². The number of hydrogen-bond donors (Lipinski definition) is 0.